The number of rotatable bonds is 2. The lowest BCUT2D eigenvalue weighted by Gasteiger charge is -2.37. The Morgan fingerprint density at radius 1 is 1.41 bits per heavy atom. The summed E-state index contributed by atoms with van der Waals surface area (Å²) in [5, 5.41) is 0. The zero-order valence-electron chi connectivity index (χ0n) is 11.6. The molecule has 0 aromatic rings. The molecule has 17 heavy (non-hydrogen) atoms. The first-order valence-electron chi connectivity index (χ1n) is 6.43. The van der Waals surface area contributed by atoms with Gasteiger partial charge in [0.15, 0.2) is 0 Å². The molecule has 0 unspecified atom stereocenters. The second-order valence-electron chi connectivity index (χ2n) is 5.98. The van der Waals surface area contributed by atoms with Crippen LogP contribution in [0.4, 0.5) is 4.79 Å². The SMILES string of the molecule is C=C(C)C[C@@H]1CCCCN1C(=O)OC(C)(C)C. The van der Waals surface area contributed by atoms with Crippen LogP contribution in [0.5, 0.6) is 0 Å². The van der Waals surface area contributed by atoms with E-state index in [1.165, 1.54) is 6.42 Å². The molecule has 1 rings (SSSR count). The molecule has 0 aromatic carbocycles. The summed E-state index contributed by atoms with van der Waals surface area (Å²) in [4.78, 5) is 14.0. The van der Waals surface area contributed by atoms with Crippen LogP contribution in [0.25, 0.3) is 0 Å². The quantitative estimate of drug-likeness (QED) is 0.687. The van der Waals surface area contributed by atoms with E-state index in [0.717, 1.165) is 31.4 Å². The third-order valence-corrected chi connectivity index (χ3v) is 2.84. The van der Waals surface area contributed by atoms with Gasteiger partial charge in [0, 0.05) is 12.6 Å². The fraction of sp³-hybridized carbons (Fsp3) is 0.786. The second kappa shape index (κ2) is 5.56. The number of hydrogen-bond acceptors (Lipinski definition) is 2. The van der Waals surface area contributed by atoms with Gasteiger partial charge in [-0.25, -0.2) is 4.79 Å². The summed E-state index contributed by atoms with van der Waals surface area (Å²) in [6.45, 7) is 12.5. The Bertz CT molecular complexity index is 291. The van der Waals surface area contributed by atoms with Gasteiger partial charge in [0.1, 0.15) is 5.60 Å². The maximum Gasteiger partial charge on any atom is 0.410 e. The number of likely N-dealkylation sites (tertiary alicyclic amines) is 1. The molecule has 0 radical (unpaired) electrons. The highest BCUT2D eigenvalue weighted by atomic mass is 16.6. The fourth-order valence-corrected chi connectivity index (χ4v) is 2.18. The number of carbonyl (C=O) groups excluding carboxylic acids is 1. The van der Waals surface area contributed by atoms with Gasteiger partial charge in [0.05, 0.1) is 0 Å². The Balaban J connectivity index is 2.64. The Hall–Kier alpha value is -0.990. The molecule has 1 aliphatic heterocycles. The van der Waals surface area contributed by atoms with Gasteiger partial charge in [-0.1, -0.05) is 5.57 Å². The lowest BCUT2D eigenvalue weighted by atomic mass is 9.97. The number of hydrogen-bond donors (Lipinski definition) is 0. The molecule has 0 aliphatic carbocycles. The number of carbonyl (C=O) groups is 1. The molecule has 98 valence electrons. The summed E-state index contributed by atoms with van der Waals surface area (Å²) in [5.41, 5.74) is 0.716. The maximum absolute atomic E-state index is 12.1. The Morgan fingerprint density at radius 2 is 2.06 bits per heavy atom. The van der Waals surface area contributed by atoms with Crippen LogP contribution in [0, 0.1) is 0 Å². The maximum atomic E-state index is 12.1. The predicted molar refractivity (Wildman–Crippen MR) is 70.0 cm³/mol. The lowest BCUT2D eigenvalue weighted by Crippen LogP contribution is -2.46. The third-order valence-electron chi connectivity index (χ3n) is 2.84. The predicted octanol–water partition coefficient (Wildman–Crippen LogP) is 3.74. The molecule has 3 nitrogen and oxygen atoms in total. The van der Waals surface area contributed by atoms with E-state index in [1.807, 2.05) is 32.6 Å². The molecule has 1 saturated heterocycles. The molecule has 0 N–H and O–H groups in total. The van der Waals surface area contributed by atoms with Crippen LogP contribution >= 0.6 is 0 Å². The molecule has 1 heterocycles. The van der Waals surface area contributed by atoms with Gasteiger partial charge in [-0.15, -0.1) is 6.58 Å². The summed E-state index contributed by atoms with van der Waals surface area (Å²) >= 11 is 0. The fourth-order valence-electron chi connectivity index (χ4n) is 2.18. The molecular formula is C14H25NO2. The molecule has 0 spiro atoms. The van der Waals surface area contributed by atoms with Crippen LogP contribution in [-0.4, -0.2) is 29.2 Å². The molecule has 0 bridgehead atoms. The molecule has 1 atom stereocenters. The Kier molecular flexibility index (Phi) is 4.61. The molecule has 0 aromatic heterocycles. The molecule has 1 aliphatic rings. The Labute approximate surface area is 105 Å². The van der Waals surface area contributed by atoms with Gasteiger partial charge < -0.3 is 9.64 Å². The van der Waals surface area contributed by atoms with E-state index in [1.54, 1.807) is 0 Å². The van der Waals surface area contributed by atoms with Crippen molar-refractivity contribution >= 4 is 6.09 Å². The minimum absolute atomic E-state index is 0.177. The average Bonchev–Trinajstić information content (AvgIpc) is 2.14. The molecule has 3 heteroatoms. The zero-order chi connectivity index (χ0) is 13.1. The van der Waals surface area contributed by atoms with Crippen molar-refractivity contribution in [2.45, 2.75) is 65.0 Å². The minimum Gasteiger partial charge on any atom is -0.444 e. The first kappa shape index (κ1) is 14.1. The van der Waals surface area contributed by atoms with Crippen molar-refractivity contribution < 1.29 is 9.53 Å². The second-order valence-corrected chi connectivity index (χ2v) is 5.98. The number of ether oxygens (including phenoxy) is 1. The molecule has 0 saturated carbocycles. The first-order chi connectivity index (χ1) is 7.79. The molecule has 1 amide bonds. The van der Waals surface area contributed by atoms with Crippen molar-refractivity contribution in [1.82, 2.24) is 4.90 Å². The van der Waals surface area contributed by atoms with E-state index in [-0.39, 0.29) is 12.1 Å². The summed E-state index contributed by atoms with van der Waals surface area (Å²) in [5.74, 6) is 0. The van der Waals surface area contributed by atoms with Gasteiger partial charge in [-0.2, -0.15) is 0 Å². The summed E-state index contributed by atoms with van der Waals surface area (Å²) in [7, 11) is 0. The summed E-state index contributed by atoms with van der Waals surface area (Å²) in [6, 6.07) is 0.274. The van der Waals surface area contributed by atoms with Gasteiger partial charge in [-0.05, 0) is 53.4 Å². The largest absolute Gasteiger partial charge is 0.444 e. The van der Waals surface area contributed by atoms with E-state index < -0.39 is 5.60 Å². The van der Waals surface area contributed by atoms with Crippen molar-refractivity contribution in [1.29, 1.82) is 0 Å². The van der Waals surface area contributed by atoms with E-state index in [9.17, 15) is 4.79 Å². The third kappa shape index (κ3) is 4.80. The molecular weight excluding hydrogens is 214 g/mol. The van der Waals surface area contributed by atoms with Gasteiger partial charge in [0.2, 0.25) is 0 Å². The van der Waals surface area contributed by atoms with E-state index >= 15 is 0 Å². The van der Waals surface area contributed by atoms with Crippen molar-refractivity contribution in [3.8, 4) is 0 Å². The van der Waals surface area contributed by atoms with Crippen LogP contribution in [-0.2, 0) is 4.74 Å². The van der Waals surface area contributed by atoms with Crippen LogP contribution in [0.2, 0.25) is 0 Å². The van der Waals surface area contributed by atoms with E-state index in [0.29, 0.717) is 0 Å². The smallest absolute Gasteiger partial charge is 0.410 e. The molecule has 1 fully saturated rings. The highest BCUT2D eigenvalue weighted by Crippen LogP contribution is 2.24. The van der Waals surface area contributed by atoms with Gasteiger partial charge in [0.25, 0.3) is 0 Å². The van der Waals surface area contributed by atoms with Crippen LogP contribution in [0.3, 0.4) is 0 Å². The minimum atomic E-state index is -0.414. The van der Waals surface area contributed by atoms with E-state index in [4.69, 9.17) is 4.74 Å². The highest BCUT2D eigenvalue weighted by Gasteiger charge is 2.30. The standard InChI is InChI=1S/C14H25NO2/c1-11(2)10-12-8-6-7-9-15(12)13(16)17-14(3,4)5/h12H,1,6-10H2,2-5H3/t12-/m0/s1. The van der Waals surface area contributed by atoms with Gasteiger partial charge in [-0.3, -0.25) is 0 Å². The zero-order valence-corrected chi connectivity index (χ0v) is 11.6. The van der Waals surface area contributed by atoms with E-state index in [2.05, 4.69) is 6.58 Å². The highest BCUT2D eigenvalue weighted by molar-refractivity contribution is 5.68. The average molecular weight is 239 g/mol. The van der Waals surface area contributed by atoms with Gasteiger partial charge >= 0.3 is 6.09 Å². The van der Waals surface area contributed by atoms with Crippen molar-refractivity contribution in [2.24, 2.45) is 0 Å². The topological polar surface area (TPSA) is 29.5 Å². The van der Waals surface area contributed by atoms with Crippen LogP contribution in [0.15, 0.2) is 12.2 Å². The summed E-state index contributed by atoms with van der Waals surface area (Å²) < 4.78 is 5.45. The number of nitrogens with zero attached hydrogens (tertiary/aromatic N) is 1. The van der Waals surface area contributed by atoms with Crippen molar-refractivity contribution in [3.05, 3.63) is 12.2 Å². The van der Waals surface area contributed by atoms with Crippen LogP contribution in [0.1, 0.15) is 53.4 Å². The van der Waals surface area contributed by atoms with Crippen molar-refractivity contribution in [2.75, 3.05) is 6.54 Å². The van der Waals surface area contributed by atoms with Crippen molar-refractivity contribution in [3.63, 3.8) is 0 Å². The number of piperidine rings is 1. The Morgan fingerprint density at radius 3 is 2.59 bits per heavy atom. The first-order valence-corrected chi connectivity index (χ1v) is 6.43. The van der Waals surface area contributed by atoms with Crippen LogP contribution < -0.4 is 0 Å². The lowest BCUT2D eigenvalue weighted by molar-refractivity contribution is 0.00998. The monoisotopic (exact) mass is 239 g/mol. The number of amides is 1. The normalized spacial score (nSPS) is 21.2. The summed E-state index contributed by atoms with van der Waals surface area (Å²) in [6.07, 6.45) is 4.04.